The third-order valence-electron chi connectivity index (χ3n) is 8.80. The molecule has 3 unspecified atom stereocenters. The van der Waals surface area contributed by atoms with Gasteiger partial charge in [-0.05, 0) is 111 Å². The van der Waals surface area contributed by atoms with Gasteiger partial charge in [-0.3, -0.25) is 4.79 Å². The number of carbonyl (C=O) groups is 2. The monoisotopic (exact) mass is 704 g/mol. The zero-order chi connectivity index (χ0) is 35.3. The number of azide groups is 1. The van der Waals surface area contributed by atoms with Gasteiger partial charge in [0.15, 0.2) is 0 Å². The molecule has 11 nitrogen and oxygen atoms in total. The Balaban J connectivity index is 1.50. The number of benzene rings is 3. The van der Waals surface area contributed by atoms with E-state index in [0.717, 1.165) is 19.3 Å². The first kappa shape index (κ1) is 36.0. The summed E-state index contributed by atoms with van der Waals surface area (Å²) < 4.78 is 32.1. The van der Waals surface area contributed by atoms with Crippen molar-refractivity contribution < 1.29 is 18.5 Å². The van der Waals surface area contributed by atoms with Crippen LogP contribution in [0, 0.1) is 23.1 Å². The van der Waals surface area contributed by atoms with Crippen LogP contribution in [0.4, 0.5) is 20.6 Å². The van der Waals surface area contributed by atoms with Crippen molar-refractivity contribution in [1.82, 2.24) is 9.62 Å². The molecular weight excluding hydrogens is 667 g/mol. The molecule has 1 heterocycles. The molecule has 2 aliphatic rings. The van der Waals surface area contributed by atoms with Crippen molar-refractivity contribution in [3.05, 3.63) is 105 Å². The lowest BCUT2D eigenvalue weighted by molar-refractivity contribution is -0.119. The fourth-order valence-electron chi connectivity index (χ4n) is 5.89. The Hall–Kier alpha value is -4.31. The maximum Gasteiger partial charge on any atom is 0.322 e. The molecular formula is C35H38ClFN8O3S. The lowest BCUT2D eigenvalue weighted by atomic mass is 9.79. The predicted octanol–water partition coefficient (Wildman–Crippen LogP) is 7.76. The lowest BCUT2D eigenvalue weighted by Crippen LogP contribution is -2.52. The molecule has 0 radical (unpaired) electrons. The Bertz CT molecular complexity index is 1790. The highest BCUT2D eigenvalue weighted by atomic mass is 35.5. The first-order valence-electron chi connectivity index (χ1n) is 16.0. The molecule has 4 atom stereocenters. The first-order chi connectivity index (χ1) is 23.3. The minimum atomic E-state index is -1.58. The second-order valence-corrected chi connectivity index (χ2v) is 15.8. The number of nitrogens with zero attached hydrogens (tertiary/aromatic N) is 5. The molecule has 14 heteroatoms. The Morgan fingerprint density at radius 2 is 1.84 bits per heavy atom. The first-order valence-corrected chi connectivity index (χ1v) is 17.5. The van der Waals surface area contributed by atoms with Crippen LogP contribution < -0.4 is 15.4 Å². The molecule has 1 aliphatic heterocycles. The number of carbonyl (C=O) groups excluding carboxylic acids is 2. The average molecular weight is 705 g/mol. The summed E-state index contributed by atoms with van der Waals surface area (Å²) in [7, 11) is 0. The third kappa shape index (κ3) is 8.65. The summed E-state index contributed by atoms with van der Waals surface area (Å²) in [6.45, 7) is 5.53. The molecule has 2 fully saturated rings. The van der Waals surface area contributed by atoms with E-state index in [2.05, 4.69) is 31.5 Å². The fourth-order valence-corrected chi connectivity index (χ4v) is 6.98. The van der Waals surface area contributed by atoms with E-state index >= 15 is 4.39 Å². The van der Waals surface area contributed by atoms with Crippen molar-refractivity contribution in [1.29, 1.82) is 5.26 Å². The highest BCUT2D eigenvalue weighted by molar-refractivity contribution is 7.90. The number of urea groups is 1. The van der Waals surface area contributed by atoms with Crippen molar-refractivity contribution in [3.63, 3.8) is 0 Å². The van der Waals surface area contributed by atoms with Crippen LogP contribution in [0.3, 0.4) is 0 Å². The van der Waals surface area contributed by atoms with E-state index < -0.39 is 51.5 Å². The summed E-state index contributed by atoms with van der Waals surface area (Å²) in [5.74, 6) is -0.878. The Morgan fingerprint density at radius 3 is 2.49 bits per heavy atom. The topological polar surface area (TPSA) is 169 Å². The van der Waals surface area contributed by atoms with Crippen LogP contribution in [0.2, 0.25) is 5.02 Å². The van der Waals surface area contributed by atoms with Gasteiger partial charge in [-0.2, -0.15) is 5.26 Å². The number of nitrogens with one attached hydrogen (secondary N) is 3. The van der Waals surface area contributed by atoms with E-state index in [0.29, 0.717) is 39.7 Å². The standard InChI is InChI=1S/C35H38ClFN8O3S/c1-34(2,3)49(48)43-35(16-15-22-7-8-22,24-6-4-5-23(17-24)20-38)25-9-14-29(37)30(18-25)41-32(46)31-19-28(42-44-39)21-45(31)33(47)40-27-12-10-26(36)11-13-27/h4-6,9-14,17-18,22,28,31,43H,7-8,15-16,19,21H2,1-3H3,(H,40,47)(H,41,46)/t28?,31-,35?,49?/m1/s1. The van der Waals surface area contributed by atoms with Gasteiger partial charge in [-0.1, -0.05) is 47.8 Å². The minimum Gasteiger partial charge on any atom is -0.598 e. The Morgan fingerprint density at radius 1 is 1.12 bits per heavy atom. The average Bonchev–Trinajstić information content (AvgIpc) is 3.81. The number of hydrogen-bond donors (Lipinski definition) is 3. The largest absolute Gasteiger partial charge is 0.598 e. The molecule has 1 saturated heterocycles. The van der Waals surface area contributed by atoms with Gasteiger partial charge < -0.3 is 20.1 Å². The molecule has 3 aromatic carbocycles. The van der Waals surface area contributed by atoms with Crippen LogP contribution in [0.25, 0.3) is 10.4 Å². The van der Waals surface area contributed by atoms with Crippen molar-refractivity contribution >= 4 is 46.3 Å². The van der Waals surface area contributed by atoms with Crippen LogP contribution in [-0.2, 0) is 21.7 Å². The molecule has 3 aromatic rings. The number of anilines is 2. The molecule has 5 rings (SSSR count). The van der Waals surface area contributed by atoms with E-state index in [1.54, 1.807) is 48.5 Å². The van der Waals surface area contributed by atoms with Gasteiger partial charge >= 0.3 is 6.03 Å². The molecule has 1 saturated carbocycles. The molecule has 1 aliphatic carbocycles. The summed E-state index contributed by atoms with van der Waals surface area (Å²) in [4.78, 5) is 31.3. The summed E-state index contributed by atoms with van der Waals surface area (Å²) in [5.41, 5.74) is 9.93. The second kappa shape index (κ2) is 15.1. The van der Waals surface area contributed by atoms with Crippen molar-refractivity contribution in [2.24, 2.45) is 11.0 Å². The number of nitriles is 1. The molecule has 0 aromatic heterocycles. The number of hydrogen-bond acceptors (Lipinski definition) is 6. The molecule has 49 heavy (non-hydrogen) atoms. The minimum absolute atomic E-state index is 0.0217. The summed E-state index contributed by atoms with van der Waals surface area (Å²) >= 11 is 4.38. The number of likely N-dealkylation sites (tertiary alicyclic amines) is 1. The van der Waals surface area contributed by atoms with Crippen LogP contribution >= 0.6 is 11.6 Å². The van der Waals surface area contributed by atoms with E-state index in [-0.39, 0.29) is 18.7 Å². The van der Waals surface area contributed by atoms with Crippen molar-refractivity contribution in [2.75, 3.05) is 17.2 Å². The predicted molar refractivity (Wildman–Crippen MR) is 188 cm³/mol. The van der Waals surface area contributed by atoms with Crippen molar-refractivity contribution in [2.45, 2.75) is 75.2 Å². The summed E-state index contributed by atoms with van der Waals surface area (Å²) in [6, 6.07) is 17.7. The molecule has 0 bridgehead atoms. The number of amides is 3. The van der Waals surface area contributed by atoms with Gasteiger partial charge in [-0.15, -0.1) is 4.72 Å². The van der Waals surface area contributed by atoms with Gasteiger partial charge in [0.05, 0.1) is 23.4 Å². The zero-order valence-electron chi connectivity index (χ0n) is 27.5. The van der Waals surface area contributed by atoms with Gasteiger partial charge in [0.25, 0.3) is 0 Å². The quantitative estimate of drug-likeness (QED) is 0.0801. The number of halogens is 2. The maximum atomic E-state index is 15.6. The third-order valence-corrected chi connectivity index (χ3v) is 10.7. The molecule has 3 amide bonds. The Labute approximate surface area is 293 Å². The van der Waals surface area contributed by atoms with Gasteiger partial charge in [0.1, 0.15) is 22.1 Å². The molecule has 0 spiro atoms. The summed E-state index contributed by atoms with van der Waals surface area (Å²) in [6.07, 6.45) is 3.50. The lowest BCUT2D eigenvalue weighted by Gasteiger charge is -2.39. The van der Waals surface area contributed by atoms with E-state index in [1.807, 2.05) is 26.8 Å². The smallest absolute Gasteiger partial charge is 0.322 e. The molecule has 256 valence electrons. The van der Waals surface area contributed by atoms with Crippen molar-refractivity contribution in [3.8, 4) is 6.07 Å². The van der Waals surface area contributed by atoms with Gasteiger partial charge in [-0.25, -0.2) is 9.18 Å². The van der Waals surface area contributed by atoms with E-state index in [1.165, 1.54) is 17.0 Å². The highest BCUT2D eigenvalue weighted by Gasteiger charge is 2.44. The fraction of sp³-hybridized carbons (Fsp3) is 0.400. The maximum absolute atomic E-state index is 15.6. The van der Waals surface area contributed by atoms with Crippen LogP contribution in [-0.4, -0.2) is 44.8 Å². The highest BCUT2D eigenvalue weighted by Crippen LogP contribution is 2.43. The second-order valence-electron chi connectivity index (χ2n) is 13.4. The van der Waals surface area contributed by atoms with Crippen LogP contribution in [0.5, 0.6) is 0 Å². The van der Waals surface area contributed by atoms with Crippen LogP contribution in [0.1, 0.15) is 69.6 Å². The SMILES string of the molecule is CC(C)(C)[S+]([O-])NC(CCC1CC1)(c1cccc(C#N)c1)c1ccc(F)c(NC(=O)[C@H]2CC(N=[N+]=[N-])CN2C(=O)Nc2ccc(Cl)cc2)c1. The zero-order valence-corrected chi connectivity index (χ0v) is 29.0. The van der Waals surface area contributed by atoms with Crippen LogP contribution in [0.15, 0.2) is 71.8 Å². The van der Waals surface area contributed by atoms with E-state index in [4.69, 9.17) is 17.1 Å². The normalized spacial score (nSPS) is 19.2. The molecule has 3 N–H and O–H groups in total. The number of rotatable bonds is 11. The van der Waals surface area contributed by atoms with Gasteiger partial charge in [0, 0.05) is 33.5 Å². The van der Waals surface area contributed by atoms with Gasteiger partial charge in [0.2, 0.25) is 5.91 Å². The summed E-state index contributed by atoms with van der Waals surface area (Å²) in [5, 5.41) is 19.4. The van der Waals surface area contributed by atoms with E-state index in [9.17, 15) is 19.4 Å². The Kier molecular flexibility index (Phi) is 11.1.